The fourth-order valence-corrected chi connectivity index (χ4v) is 5.59. The highest BCUT2D eigenvalue weighted by atomic mass is 35.5. The summed E-state index contributed by atoms with van der Waals surface area (Å²) < 4.78 is 28.6. The van der Waals surface area contributed by atoms with Crippen LogP contribution in [0, 0.1) is 6.92 Å². The molecule has 3 aromatic rings. The predicted molar refractivity (Wildman–Crippen MR) is 133 cm³/mol. The van der Waals surface area contributed by atoms with Crippen molar-refractivity contribution in [1.82, 2.24) is 4.90 Å². The molecule has 0 saturated carbocycles. The summed E-state index contributed by atoms with van der Waals surface area (Å²) in [6.07, 6.45) is 0. The minimum Gasteiger partial charge on any atom is -0.368 e. The Labute approximate surface area is 203 Å². The molecule has 0 atom stereocenters. The molecule has 1 saturated heterocycles. The topological polar surface area (TPSA) is 69.7 Å². The van der Waals surface area contributed by atoms with Gasteiger partial charge in [-0.15, -0.1) is 0 Å². The van der Waals surface area contributed by atoms with Gasteiger partial charge in [-0.25, -0.2) is 8.42 Å². The number of halogens is 2. The van der Waals surface area contributed by atoms with E-state index in [9.17, 15) is 13.2 Å². The Balaban J connectivity index is 1.50. The zero-order valence-electron chi connectivity index (χ0n) is 18.0. The molecule has 172 valence electrons. The molecule has 33 heavy (non-hydrogen) atoms. The third kappa shape index (κ3) is 5.27. The number of benzene rings is 3. The summed E-state index contributed by atoms with van der Waals surface area (Å²) in [5.74, 6) is -0.232. The summed E-state index contributed by atoms with van der Waals surface area (Å²) in [4.78, 5) is 16.9. The molecule has 0 bridgehead atoms. The van der Waals surface area contributed by atoms with Crippen molar-refractivity contribution in [2.75, 3.05) is 35.8 Å². The van der Waals surface area contributed by atoms with Gasteiger partial charge in [0.2, 0.25) is 0 Å². The molecule has 0 aliphatic carbocycles. The molecule has 0 unspecified atom stereocenters. The Morgan fingerprint density at radius 1 is 0.909 bits per heavy atom. The van der Waals surface area contributed by atoms with Crippen molar-refractivity contribution < 1.29 is 13.2 Å². The number of carbonyl (C=O) groups excluding carboxylic acids is 1. The van der Waals surface area contributed by atoms with Crippen LogP contribution in [0.25, 0.3) is 0 Å². The lowest BCUT2D eigenvalue weighted by atomic mass is 10.1. The maximum atomic E-state index is 13.1. The van der Waals surface area contributed by atoms with Crippen molar-refractivity contribution in [3.63, 3.8) is 0 Å². The number of anilines is 2. The van der Waals surface area contributed by atoms with Gasteiger partial charge in [-0.05, 0) is 55.0 Å². The first kappa shape index (κ1) is 23.4. The Kier molecular flexibility index (Phi) is 6.83. The fraction of sp³-hybridized carbons (Fsp3) is 0.208. The maximum absolute atomic E-state index is 13.1. The molecule has 1 aliphatic rings. The van der Waals surface area contributed by atoms with E-state index in [4.69, 9.17) is 23.2 Å². The number of piperazine rings is 1. The molecule has 6 nitrogen and oxygen atoms in total. The number of hydrogen-bond acceptors (Lipinski definition) is 4. The molecule has 1 fully saturated rings. The molecule has 1 N–H and O–H groups in total. The SMILES string of the molecule is Cc1ccccc1NS(=O)(=O)c1cc(C(=O)N2CCN(c3cccc(Cl)c3)CC2)ccc1Cl. The van der Waals surface area contributed by atoms with Crippen LogP contribution in [0.4, 0.5) is 11.4 Å². The number of amides is 1. The van der Waals surface area contributed by atoms with E-state index in [0.29, 0.717) is 36.9 Å². The van der Waals surface area contributed by atoms with Crippen LogP contribution in [0.1, 0.15) is 15.9 Å². The number of hydrogen-bond donors (Lipinski definition) is 1. The Morgan fingerprint density at radius 3 is 2.33 bits per heavy atom. The summed E-state index contributed by atoms with van der Waals surface area (Å²) in [7, 11) is -3.98. The molecule has 0 spiro atoms. The van der Waals surface area contributed by atoms with Crippen LogP contribution in [0.3, 0.4) is 0 Å². The van der Waals surface area contributed by atoms with Crippen LogP contribution >= 0.6 is 23.2 Å². The maximum Gasteiger partial charge on any atom is 0.263 e. The van der Waals surface area contributed by atoms with E-state index >= 15 is 0 Å². The number of rotatable bonds is 5. The molecule has 1 amide bonds. The van der Waals surface area contributed by atoms with Gasteiger partial charge in [-0.3, -0.25) is 9.52 Å². The van der Waals surface area contributed by atoms with Gasteiger partial charge in [-0.1, -0.05) is 47.5 Å². The lowest BCUT2D eigenvalue weighted by molar-refractivity contribution is 0.0746. The molecule has 3 aromatic carbocycles. The number of para-hydroxylation sites is 1. The van der Waals surface area contributed by atoms with E-state index < -0.39 is 10.0 Å². The quantitative estimate of drug-likeness (QED) is 0.527. The summed E-state index contributed by atoms with van der Waals surface area (Å²) in [5, 5.41) is 0.721. The van der Waals surface area contributed by atoms with Crippen molar-refractivity contribution in [1.29, 1.82) is 0 Å². The van der Waals surface area contributed by atoms with Crippen molar-refractivity contribution in [2.24, 2.45) is 0 Å². The van der Waals surface area contributed by atoms with Gasteiger partial charge in [0.15, 0.2) is 0 Å². The Hall–Kier alpha value is -2.74. The van der Waals surface area contributed by atoms with Crippen LogP contribution in [0.2, 0.25) is 10.0 Å². The fourth-order valence-electron chi connectivity index (χ4n) is 3.75. The average Bonchev–Trinajstić information content (AvgIpc) is 2.80. The highest BCUT2D eigenvalue weighted by Gasteiger charge is 2.25. The van der Waals surface area contributed by atoms with Crippen molar-refractivity contribution in [2.45, 2.75) is 11.8 Å². The summed E-state index contributed by atoms with van der Waals surface area (Å²) in [6.45, 7) is 4.14. The molecule has 4 rings (SSSR count). The van der Waals surface area contributed by atoms with Gasteiger partial charge in [0.05, 0.1) is 10.7 Å². The van der Waals surface area contributed by atoms with E-state index in [1.807, 2.05) is 43.3 Å². The van der Waals surface area contributed by atoms with Gasteiger partial charge in [-0.2, -0.15) is 0 Å². The number of aryl methyl sites for hydroxylation is 1. The van der Waals surface area contributed by atoms with Crippen LogP contribution in [0.15, 0.2) is 71.6 Å². The number of sulfonamides is 1. The van der Waals surface area contributed by atoms with Gasteiger partial charge in [0, 0.05) is 42.5 Å². The van der Waals surface area contributed by atoms with Crippen LogP contribution in [-0.4, -0.2) is 45.4 Å². The van der Waals surface area contributed by atoms with Gasteiger partial charge >= 0.3 is 0 Å². The van der Waals surface area contributed by atoms with E-state index in [0.717, 1.165) is 11.3 Å². The van der Waals surface area contributed by atoms with Crippen LogP contribution in [-0.2, 0) is 10.0 Å². The zero-order valence-corrected chi connectivity index (χ0v) is 20.3. The van der Waals surface area contributed by atoms with Gasteiger partial charge in [0.25, 0.3) is 15.9 Å². The summed E-state index contributed by atoms with van der Waals surface area (Å²) >= 11 is 12.3. The molecular weight excluding hydrogens is 481 g/mol. The minimum absolute atomic E-state index is 0.0541. The highest BCUT2D eigenvalue weighted by Crippen LogP contribution is 2.27. The van der Waals surface area contributed by atoms with E-state index in [1.54, 1.807) is 23.1 Å². The van der Waals surface area contributed by atoms with Crippen molar-refractivity contribution in [3.05, 3.63) is 87.9 Å². The lowest BCUT2D eigenvalue weighted by Gasteiger charge is -2.36. The Morgan fingerprint density at radius 2 is 1.64 bits per heavy atom. The van der Waals surface area contributed by atoms with Gasteiger partial charge < -0.3 is 9.80 Å². The smallest absolute Gasteiger partial charge is 0.263 e. The second-order valence-corrected chi connectivity index (χ2v) is 10.3. The summed E-state index contributed by atoms with van der Waals surface area (Å²) in [6, 6.07) is 19.0. The number of nitrogens with one attached hydrogen (secondary N) is 1. The van der Waals surface area contributed by atoms with Crippen molar-refractivity contribution >= 4 is 50.5 Å². The summed E-state index contributed by atoms with van der Waals surface area (Å²) in [5.41, 5.74) is 2.53. The van der Waals surface area contributed by atoms with E-state index in [1.165, 1.54) is 12.1 Å². The second kappa shape index (κ2) is 9.63. The Bertz CT molecular complexity index is 1290. The number of nitrogens with zero attached hydrogens (tertiary/aromatic N) is 2. The first-order chi connectivity index (χ1) is 15.7. The molecule has 9 heteroatoms. The largest absolute Gasteiger partial charge is 0.368 e. The molecular formula is C24H23Cl2N3O3S. The average molecular weight is 504 g/mol. The second-order valence-electron chi connectivity index (χ2n) is 7.82. The molecule has 0 aromatic heterocycles. The first-order valence-electron chi connectivity index (χ1n) is 10.4. The molecule has 0 radical (unpaired) electrons. The normalized spacial score (nSPS) is 14.3. The van der Waals surface area contributed by atoms with Crippen LogP contribution in [0.5, 0.6) is 0 Å². The molecule has 1 heterocycles. The first-order valence-corrected chi connectivity index (χ1v) is 12.7. The molecule has 1 aliphatic heterocycles. The highest BCUT2D eigenvalue weighted by molar-refractivity contribution is 7.92. The van der Waals surface area contributed by atoms with Crippen molar-refractivity contribution in [3.8, 4) is 0 Å². The van der Waals surface area contributed by atoms with E-state index in [2.05, 4.69) is 9.62 Å². The lowest BCUT2D eigenvalue weighted by Crippen LogP contribution is -2.48. The monoisotopic (exact) mass is 503 g/mol. The minimum atomic E-state index is -3.98. The third-order valence-electron chi connectivity index (χ3n) is 5.60. The number of carbonyl (C=O) groups is 1. The zero-order chi connectivity index (χ0) is 23.6. The predicted octanol–water partition coefficient (Wildman–Crippen LogP) is 5.07. The van der Waals surface area contributed by atoms with Gasteiger partial charge in [0.1, 0.15) is 4.90 Å². The standard InChI is InChI=1S/C24H23Cl2N3O3S/c1-17-5-2-3-8-22(17)27-33(31,32)23-15-18(9-10-21(23)26)24(30)29-13-11-28(12-14-29)20-7-4-6-19(25)16-20/h2-10,15-16,27H,11-14H2,1H3. The van der Waals surface area contributed by atoms with Crippen LogP contribution < -0.4 is 9.62 Å². The third-order valence-corrected chi connectivity index (χ3v) is 7.68. The van der Waals surface area contributed by atoms with E-state index in [-0.39, 0.29) is 21.4 Å².